The number of hydrogen-bond acceptors (Lipinski definition) is 5. The number of nitrogens with zero attached hydrogens (tertiary/aromatic N) is 2. The van der Waals surface area contributed by atoms with E-state index in [-0.39, 0.29) is 18.2 Å². The largest absolute Gasteiger partial charge is 0.322 e. The van der Waals surface area contributed by atoms with Gasteiger partial charge in [-0.25, -0.2) is 0 Å². The number of benzene rings is 1. The molecule has 0 radical (unpaired) electrons. The third-order valence-electron chi connectivity index (χ3n) is 4.96. The first-order valence-electron chi connectivity index (χ1n) is 8.02. The predicted octanol–water partition coefficient (Wildman–Crippen LogP) is -0.0379. The lowest BCUT2D eigenvalue weighted by molar-refractivity contribution is -0.136. The second-order valence-corrected chi connectivity index (χ2v) is 6.51. The highest BCUT2D eigenvalue weighted by atomic mass is 16.2. The molecule has 124 valence electrons. The van der Waals surface area contributed by atoms with Crippen molar-refractivity contribution in [2.75, 3.05) is 6.54 Å². The number of imide groups is 1. The van der Waals surface area contributed by atoms with Gasteiger partial charge in [-0.2, -0.15) is 0 Å². The normalized spacial score (nSPS) is 23.2. The molecule has 1 N–H and O–H groups in total. The maximum Gasteiger partial charge on any atom is 0.255 e. The van der Waals surface area contributed by atoms with Gasteiger partial charge in [-0.05, 0) is 29.2 Å². The van der Waals surface area contributed by atoms with Gasteiger partial charge >= 0.3 is 0 Å². The first-order valence-corrected chi connectivity index (χ1v) is 8.02. The molecule has 3 heterocycles. The maximum atomic E-state index is 12.7. The van der Waals surface area contributed by atoms with Crippen molar-refractivity contribution in [2.45, 2.75) is 38.5 Å². The Morgan fingerprint density at radius 1 is 1.08 bits per heavy atom. The lowest BCUT2D eigenvalue weighted by Gasteiger charge is -2.29. The van der Waals surface area contributed by atoms with Gasteiger partial charge in [0.2, 0.25) is 11.8 Å². The Balaban J connectivity index is 1.58. The number of nitrogens with one attached hydrogen (secondary N) is 1. The van der Waals surface area contributed by atoms with Gasteiger partial charge in [0.05, 0.1) is 6.54 Å². The van der Waals surface area contributed by atoms with Crippen LogP contribution < -0.4 is 5.32 Å². The number of amides is 3. The molecule has 0 aliphatic carbocycles. The van der Waals surface area contributed by atoms with E-state index in [0.717, 1.165) is 23.0 Å². The molecule has 1 aromatic rings. The molecule has 1 atom stereocenters. The van der Waals surface area contributed by atoms with Gasteiger partial charge in [-0.15, -0.1) is 0 Å². The molecule has 4 rings (SSSR count). The number of rotatable bonds is 3. The maximum absolute atomic E-state index is 12.7. The Morgan fingerprint density at radius 3 is 2.54 bits per heavy atom. The highest BCUT2D eigenvalue weighted by Crippen LogP contribution is 2.32. The van der Waals surface area contributed by atoms with Crippen molar-refractivity contribution in [3.63, 3.8) is 0 Å². The zero-order chi connectivity index (χ0) is 16.8. The van der Waals surface area contributed by atoms with Crippen LogP contribution in [0.5, 0.6) is 0 Å². The molecule has 3 aliphatic rings. The Morgan fingerprint density at radius 2 is 1.83 bits per heavy atom. The monoisotopic (exact) mass is 327 g/mol. The molecule has 7 nitrogen and oxygen atoms in total. The summed E-state index contributed by atoms with van der Waals surface area (Å²) in [5.41, 5.74) is 3.74. The molecule has 0 spiro atoms. The van der Waals surface area contributed by atoms with Crippen molar-refractivity contribution in [1.82, 2.24) is 15.1 Å². The Kier molecular flexibility index (Phi) is 3.45. The van der Waals surface area contributed by atoms with Crippen molar-refractivity contribution in [1.29, 1.82) is 0 Å². The van der Waals surface area contributed by atoms with E-state index in [1.54, 1.807) is 4.90 Å². The molecule has 1 unspecified atom stereocenters. The summed E-state index contributed by atoms with van der Waals surface area (Å²) in [6.45, 7) is 2.14. The SMILES string of the molecule is O=CCN1Cc2cc3c(cc2C1)C(=O)N(C1CCC(=O)NC1=O)C3. The molecule has 0 aromatic heterocycles. The van der Waals surface area contributed by atoms with Gasteiger partial charge < -0.3 is 9.69 Å². The van der Waals surface area contributed by atoms with Crippen molar-refractivity contribution < 1.29 is 19.2 Å². The standard InChI is InChI=1S/C17H17N3O4/c21-4-3-19-7-10-5-12-9-20(14-1-2-15(22)18-16(14)23)17(24)13(12)6-11(10)8-19/h4-6,14H,1-3,7-9H2,(H,18,22,23). The second kappa shape index (κ2) is 5.52. The summed E-state index contributed by atoms with van der Waals surface area (Å²) in [7, 11) is 0. The molecule has 0 saturated carbocycles. The zero-order valence-corrected chi connectivity index (χ0v) is 13.1. The fourth-order valence-electron chi connectivity index (χ4n) is 3.78. The summed E-state index contributed by atoms with van der Waals surface area (Å²) in [4.78, 5) is 50.3. The number of piperidine rings is 1. The van der Waals surface area contributed by atoms with Crippen LogP contribution in [0.2, 0.25) is 0 Å². The first-order chi connectivity index (χ1) is 11.6. The minimum Gasteiger partial charge on any atom is -0.322 e. The van der Waals surface area contributed by atoms with E-state index in [4.69, 9.17) is 0 Å². The quantitative estimate of drug-likeness (QED) is 0.622. The minimum absolute atomic E-state index is 0.156. The van der Waals surface area contributed by atoms with E-state index >= 15 is 0 Å². The van der Waals surface area contributed by atoms with Crippen molar-refractivity contribution in [2.24, 2.45) is 0 Å². The first kappa shape index (κ1) is 15.0. The third-order valence-corrected chi connectivity index (χ3v) is 4.96. The van der Waals surface area contributed by atoms with Gasteiger partial charge in [0.25, 0.3) is 5.91 Å². The Bertz CT molecular complexity index is 773. The van der Waals surface area contributed by atoms with Crippen LogP contribution in [0, 0.1) is 0 Å². The molecule has 1 saturated heterocycles. The molecule has 3 amide bonds. The fraction of sp³-hybridized carbons (Fsp3) is 0.412. The molecular formula is C17H17N3O4. The van der Waals surface area contributed by atoms with E-state index in [0.29, 0.717) is 38.2 Å². The van der Waals surface area contributed by atoms with Crippen LogP contribution in [0.3, 0.4) is 0 Å². The van der Waals surface area contributed by atoms with Crippen LogP contribution >= 0.6 is 0 Å². The van der Waals surface area contributed by atoms with Crippen LogP contribution in [0.25, 0.3) is 0 Å². The van der Waals surface area contributed by atoms with Gasteiger partial charge in [-0.3, -0.25) is 24.6 Å². The van der Waals surface area contributed by atoms with E-state index in [1.165, 1.54) is 0 Å². The molecular weight excluding hydrogens is 310 g/mol. The van der Waals surface area contributed by atoms with Crippen molar-refractivity contribution >= 4 is 24.0 Å². The number of hydrogen-bond donors (Lipinski definition) is 1. The lowest BCUT2D eigenvalue weighted by Crippen LogP contribution is -2.52. The molecule has 7 heteroatoms. The van der Waals surface area contributed by atoms with E-state index in [1.807, 2.05) is 17.0 Å². The van der Waals surface area contributed by atoms with Crippen LogP contribution in [-0.4, -0.2) is 46.4 Å². The predicted molar refractivity (Wildman–Crippen MR) is 82.7 cm³/mol. The summed E-state index contributed by atoms with van der Waals surface area (Å²) < 4.78 is 0. The fourth-order valence-corrected chi connectivity index (χ4v) is 3.78. The lowest BCUT2D eigenvalue weighted by atomic mass is 10.0. The minimum atomic E-state index is -0.580. The van der Waals surface area contributed by atoms with E-state index < -0.39 is 11.9 Å². The zero-order valence-electron chi connectivity index (χ0n) is 13.1. The van der Waals surface area contributed by atoms with Crippen LogP contribution in [0.4, 0.5) is 0 Å². The molecule has 1 aromatic carbocycles. The van der Waals surface area contributed by atoms with E-state index in [2.05, 4.69) is 5.32 Å². The second-order valence-electron chi connectivity index (χ2n) is 6.51. The highest BCUT2D eigenvalue weighted by Gasteiger charge is 2.39. The summed E-state index contributed by atoms with van der Waals surface area (Å²) >= 11 is 0. The van der Waals surface area contributed by atoms with Gasteiger partial charge in [0.1, 0.15) is 12.3 Å². The molecule has 3 aliphatic heterocycles. The van der Waals surface area contributed by atoms with Crippen molar-refractivity contribution in [3.05, 3.63) is 34.4 Å². The smallest absolute Gasteiger partial charge is 0.255 e. The third kappa shape index (κ3) is 2.32. The van der Waals surface area contributed by atoms with Gasteiger partial charge in [0.15, 0.2) is 0 Å². The summed E-state index contributed by atoms with van der Waals surface area (Å²) in [5.74, 6) is -0.831. The number of aldehydes is 1. The van der Waals surface area contributed by atoms with Crippen molar-refractivity contribution in [3.8, 4) is 0 Å². The number of carbonyl (C=O) groups excluding carboxylic acids is 4. The Labute approximate surface area is 138 Å². The van der Waals surface area contributed by atoms with E-state index in [9.17, 15) is 19.2 Å². The summed E-state index contributed by atoms with van der Waals surface area (Å²) in [6, 6.07) is 3.33. The van der Waals surface area contributed by atoms with Gasteiger partial charge in [0, 0.05) is 31.6 Å². The van der Waals surface area contributed by atoms with Crippen LogP contribution in [-0.2, 0) is 34.0 Å². The average molecular weight is 327 g/mol. The van der Waals surface area contributed by atoms with Gasteiger partial charge in [-0.1, -0.05) is 6.07 Å². The summed E-state index contributed by atoms with van der Waals surface area (Å²) in [6.07, 6.45) is 1.51. The Hall–Kier alpha value is -2.54. The average Bonchev–Trinajstić information content (AvgIpc) is 3.06. The number of fused-ring (bicyclic) bond motifs is 2. The van der Waals surface area contributed by atoms with Crippen LogP contribution in [0.15, 0.2) is 12.1 Å². The molecule has 1 fully saturated rings. The summed E-state index contributed by atoms with van der Waals surface area (Å²) in [5, 5.41) is 2.31. The van der Waals surface area contributed by atoms with Crippen LogP contribution in [0.1, 0.15) is 39.9 Å². The highest BCUT2D eigenvalue weighted by molar-refractivity contribution is 6.05. The molecule has 0 bridgehead atoms. The topological polar surface area (TPSA) is 86.8 Å². The molecule has 24 heavy (non-hydrogen) atoms. The number of carbonyl (C=O) groups is 4.